The molecule has 2 aliphatic rings. The van der Waals surface area contributed by atoms with Gasteiger partial charge in [-0.25, -0.2) is 0 Å². The molecule has 1 saturated carbocycles. The third-order valence-electron chi connectivity index (χ3n) is 4.90. The van der Waals surface area contributed by atoms with Crippen molar-refractivity contribution in [1.29, 1.82) is 0 Å². The van der Waals surface area contributed by atoms with Crippen LogP contribution in [0, 0.1) is 5.41 Å². The fourth-order valence-electron chi connectivity index (χ4n) is 3.71. The minimum absolute atomic E-state index is 0.307. The summed E-state index contributed by atoms with van der Waals surface area (Å²) >= 11 is 0. The van der Waals surface area contributed by atoms with Crippen LogP contribution in [0.4, 0.5) is 0 Å². The highest BCUT2D eigenvalue weighted by Gasteiger charge is 2.70. The first kappa shape index (κ1) is 21.2. The number of rotatable bonds is 4. The first-order valence-corrected chi connectivity index (χ1v) is 9.61. The fraction of sp³-hybridized carbons (Fsp3) is 0.900. The van der Waals surface area contributed by atoms with Crippen molar-refractivity contribution in [3.8, 4) is 0 Å². The van der Waals surface area contributed by atoms with Gasteiger partial charge in [0, 0.05) is 13.0 Å². The number of hydrogen-bond donors (Lipinski definition) is 0. The second-order valence-corrected chi connectivity index (χ2v) is 9.30. The molecule has 0 aromatic heterocycles. The zero-order chi connectivity index (χ0) is 19.8. The van der Waals surface area contributed by atoms with Crippen molar-refractivity contribution in [3.63, 3.8) is 0 Å². The first-order valence-electron chi connectivity index (χ1n) is 9.61. The molecule has 0 aromatic rings. The van der Waals surface area contributed by atoms with E-state index in [4.69, 9.17) is 18.9 Å². The van der Waals surface area contributed by atoms with E-state index in [-0.39, 0.29) is 0 Å². The molecule has 0 bridgehead atoms. The lowest BCUT2D eigenvalue weighted by molar-refractivity contribution is -0.304. The number of ether oxygens (including phenoxy) is 4. The van der Waals surface area contributed by atoms with E-state index in [1.54, 1.807) is 41.5 Å². The molecule has 0 aromatic carbocycles. The molecule has 26 heavy (non-hydrogen) atoms. The van der Waals surface area contributed by atoms with E-state index in [1.165, 1.54) is 0 Å². The van der Waals surface area contributed by atoms with Crippen LogP contribution in [0.15, 0.2) is 0 Å². The van der Waals surface area contributed by atoms with Crippen molar-refractivity contribution in [2.24, 2.45) is 5.41 Å². The summed E-state index contributed by atoms with van der Waals surface area (Å²) in [5.41, 5.74) is -3.75. The molecule has 0 radical (unpaired) electrons. The Balaban J connectivity index is 2.43. The molecular weight excluding hydrogens is 336 g/mol. The lowest BCUT2D eigenvalue weighted by Gasteiger charge is -2.56. The molecule has 1 aliphatic heterocycles. The van der Waals surface area contributed by atoms with Crippen molar-refractivity contribution in [3.05, 3.63) is 0 Å². The Labute approximate surface area is 156 Å². The number of esters is 2. The Kier molecular flexibility index (Phi) is 5.79. The molecule has 0 amide bonds. The Hall–Kier alpha value is -1.14. The average molecular weight is 370 g/mol. The van der Waals surface area contributed by atoms with Crippen LogP contribution in [0.5, 0.6) is 0 Å². The number of carbonyl (C=O) groups excluding carboxylic acids is 2. The van der Waals surface area contributed by atoms with Gasteiger partial charge in [0.05, 0.1) is 5.60 Å². The van der Waals surface area contributed by atoms with Crippen molar-refractivity contribution in [2.75, 3.05) is 6.61 Å². The van der Waals surface area contributed by atoms with Gasteiger partial charge in [-0.05, 0) is 74.1 Å². The molecule has 0 N–H and O–H groups in total. The fourth-order valence-corrected chi connectivity index (χ4v) is 3.71. The molecule has 1 spiro atoms. The highest BCUT2D eigenvalue weighted by molar-refractivity contribution is 6.02. The Bertz CT molecular complexity index is 507. The summed E-state index contributed by atoms with van der Waals surface area (Å²) in [6, 6.07) is 0. The van der Waals surface area contributed by atoms with E-state index in [2.05, 4.69) is 0 Å². The molecular formula is C20H34O6. The van der Waals surface area contributed by atoms with Crippen molar-refractivity contribution in [1.82, 2.24) is 0 Å². The van der Waals surface area contributed by atoms with Gasteiger partial charge in [-0.15, -0.1) is 0 Å². The molecule has 1 aliphatic carbocycles. The summed E-state index contributed by atoms with van der Waals surface area (Å²) in [6.07, 6.45) is 2.49. The van der Waals surface area contributed by atoms with Gasteiger partial charge in [0.25, 0.3) is 0 Å². The van der Waals surface area contributed by atoms with Gasteiger partial charge in [-0.1, -0.05) is 0 Å². The van der Waals surface area contributed by atoms with Gasteiger partial charge in [-0.2, -0.15) is 0 Å². The maximum absolute atomic E-state index is 13.3. The minimum Gasteiger partial charge on any atom is -0.459 e. The predicted molar refractivity (Wildman–Crippen MR) is 96.4 cm³/mol. The predicted octanol–water partition coefficient (Wildman–Crippen LogP) is 3.75. The topological polar surface area (TPSA) is 71.1 Å². The Morgan fingerprint density at radius 3 is 1.81 bits per heavy atom. The third-order valence-corrected chi connectivity index (χ3v) is 4.90. The normalized spacial score (nSPS) is 24.7. The SMILES string of the molecule is CCOC1CCC(C(=O)OC(C)(C)C)(C(=O)OC(C)(C)C)C2(CCC2)O1. The van der Waals surface area contributed by atoms with Crippen LogP contribution < -0.4 is 0 Å². The van der Waals surface area contributed by atoms with Crippen LogP contribution in [-0.2, 0) is 28.5 Å². The molecule has 1 heterocycles. The van der Waals surface area contributed by atoms with Crippen molar-refractivity contribution in [2.45, 2.75) is 104 Å². The molecule has 6 nitrogen and oxygen atoms in total. The molecule has 1 saturated heterocycles. The van der Waals surface area contributed by atoms with Gasteiger partial charge >= 0.3 is 11.9 Å². The van der Waals surface area contributed by atoms with Crippen LogP contribution >= 0.6 is 0 Å². The standard InChI is InChI=1S/C20H34O6/c1-8-23-14-10-13-20(15(21)25-17(2,3)4,16(22)26-18(5,6)7)19(24-14)11-9-12-19/h14H,8-13H2,1-7H3. The van der Waals surface area contributed by atoms with E-state index < -0.39 is 40.4 Å². The van der Waals surface area contributed by atoms with Gasteiger partial charge in [0.1, 0.15) is 11.2 Å². The maximum atomic E-state index is 13.3. The van der Waals surface area contributed by atoms with E-state index in [0.717, 1.165) is 6.42 Å². The smallest absolute Gasteiger partial charge is 0.327 e. The van der Waals surface area contributed by atoms with Gasteiger partial charge in [-0.3, -0.25) is 9.59 Å². The quantitative estimate of drug-likeness (QED) is 0.554. The molecule has 150 valence electrons. The number of carbonyl (C=O) groups is 2. The average Bonchev–Trinajstić information content (AvgIpc) is 2.41. The largest absolute Gasteiger partial charge is 0.459 e. The number of hydrogen-bond acceptors (Lipinski definition) is 6. The molecule has 2 rings (SSSR count). The van der Waals surface area contributed by atoms with E-state index >= 15 is 0 Å². The monoisotopic (exact) mass is 370 g/mol. The second-order valence-electron chi connectivity index (χ2n) is 9.30. The van der Waals surface area contributed by atoms with Crippen molar-refractivity contribution >= 4 is 11.9 Å². The van der Waals surface area contributed by atoms with Gasteiger partial charge in [0.15, 0.2) is 11.7 Å². The van der Waals surface area contributed by atoms with Crippen LogP contribution in [0.25, 0.3) is 0 Å². The Morgan fingerprint density at radius 2 is 1.46 bits per heavy atom. The molecule has 2 fully saturated rings. The van der Waals surface area contributed by atoms with Gasteiger partial charge in [0.2, 0.25) is 0 Å². The van der Waals surface area contributed by atoms with Crippen molar-refractivity contribution < 1.29 is 28.5 Å². The van der Waals surface area contributed by atoms with Crippen LogP contribution in [0.1, 0.15) is 80.6 Å². The highest BCUT2D eigenvalue weighted by Crippen LogP contribution is 2.57. The summed E-state index contributed by atoms with van der Waals surface area (Å²) in [6.45, 7) is 13.2. The summed E-state index contributed by atoms with van der Waals surface area (Å²) in [5, 5.41) is 0. The lowest BCUT2D eigenvalue weighted by Crippen LogP contribution is -2.68. The zero-order valence-corrected chi connectivity index (χ0v) is 17.3. The molecule has 1 atom stereocenters. The van der Waals surface area contributed by atoms with E-state index in [1.807, 2.05) is 6.92 Å². The van der Waals surface area contributed by atoms with Gasteiger partial charge < -0.3 is 18.9 Å². The first-order chi connectivity index (χ1) is 11.9. The summed E-state index contributed by atoms with van der Waals surface area (Å²) in [7, 11) is 0. The Morgan fingerprint density at radius 1 is 0.962 bits per heavy atom. The minimum atomic E-state index is -1.45. The highest BCUT2D eigenvalue weighted by atomic mass is 16.7. The molecule has 1 unspecified atom stereocenters. The second kappa shape index (κ2) is 7.12. The summed E-state index contributed by atoms with van der Waals surface area (Å²) in [4.78, 5) is 26.6. The summed E-state index contributed by atoms with van der Waals surface area (Å²) < 4.78 is 23.2. The van der Waals surface area contributed by atoms with E-state index in [0.29, 0.717) is 32.3 Å². The third kappa shape index (κ3) is 4.06. The van der Waals surface area contributed by atoms with E-state index in [9.17, 15) is 9.59 Å². The lowest BCUT2D eigenvalue weighted by atomic mass is 9.57. The maximum Gasteiger partial charge on any atom is 0.327 e. The molecule has 6 heteroatoms. The summed E-state index contributed by atoms with van der Waals surface area (Å²) in [5.74, 6) is -1.09. The van der Waals surface area contributed by atoms with Crippen LogP contribution in [0.2, 0.25) is 0 Å². The zero-order valence-electron chi connectivity index (χ0n) is 17.3. The van der Waals surface area contributed by atoms with Crippen LogP contribution in [-0.4, -0.2) is 41.6 Å². The van der Waals surface area contributed by atoms with Crippen LogP contribution in [0.3, 0.4) is 0 Å².